The summed E-state index contributed by atoms with van der Waals surface area (Å²) >= 11 is 0. The van der Waals surface area contributed by atoms with Crippen molar-refractivity contribution in [1.29, 1.82) is 0 Å². The molecule has 0 aliphatic carbocycles. The molecular weight excluding hydrogens is 526 g/mol. The summed E-state index contributed by atoms with van der Waals surface area (Å²) in [5.74, 6) is 2.33. The third-order valence-corrected chi connectivity index (χ3v) is 7.14. The quantitative estimate of drug-likeness (QED) is 0.156. The highest BCUT2D eigenvalue weighted by molar-refractivity contribution is 6.00. The predicted octanol–water partition coefficient (Wildman–Crippen LogP) is 9.00. The Morgan fingerprint density at radius 1 is 0.595 bits per heavy atom. The van der Waals surface area contributed by atoms with Gasteiger partial charge in [0.1, 0.15) is 23.0 Å². The zero-order chi connectivity index (χ0) is 30.7. The fourth-order valence-electron chi connectivity index (χ4n) is 4.82. The van der Waals surface area contributed by atoms with Gasteiger partial charge in [-0.05, 0) is 83.6 Å². The minimum atomic E-state index is -0.446. The minimum absolute atomic E-state index is 0.304. The number of benzene rings is 4. The van der Waals surface area contributed by atoms with Crippen LogP contribution in [0.2, 0.25) is 0 Å². The molecule has 6 nitrogen and oxygen atoms in total. The average molecular weight is 568 g/mol. The van der Waals surface area contributed by atoms with Crippen LogP contribution >= 0.6 is 0 Å². The molecule has 0 saturated heterocycles. The lowest BCUT2D eigenvalue weighted by Gasteiger charge is -2.30. The number of hydrogen-bond donors (Lipinski definition) is 0. The predicted molar refractivity (Wildman–Crippen MR) is 170 cm³/mol. The molecule has 0 amide bonds. The van der Waals surface area contributed by atoms with Crippen molar-refractivity contribution in [2.45, 2.75) is 52.4 Å². The van der Waals surface area contributed by atoms with E-state index in [2.05, 4.69) is 41.5 Å². The van der Waals surface area contributed by atoms with Crippen LogP contribution in [-0.4, -0.2) is 27.3 Å². The van der Waals surface area contributed by atoms with Gasteiger partial charge >= 0.3 is 5.97 Å². The van der Waals surface area contributed by atoms with Crippen LogP contribution in [0.3, 0.4) is 0 Å². The molecule has 0 aliphatic rings. The van der Waals surface area contributed by atoms with Gasteiger partial charge in [-0.1, -0.05) is 53.7 Å². The summed E-state index contributed by atoms with van der Waals surface area (Å²) in [6.07, 6.45) is 0. The van der Waals surface area contributed by atoms with Gasteiger partial charge in [0.15, 0.2) is 0 Å². The number of methoxy groups -OCH3 is 3. The maximum Gasteiger partial charge on any atom is 0.345 e. The maximum atomic E-state index is 14.2. The second kappa shape index (κ2) is 12.2. The largest absolute Gasteiger partial charge is 0.497 e. The van der Waals surface area contributed by atoms with E-state index in [4.69, 9.17) is 18.9 Å². The van der Waals surface area contributed by atoms with Crippen LogP contribution in [0.25, 0.3) is 0 Å². The first-order valence-corrected chi connectivity index (χ1v) is 14.0. The van der Waals surface area contributed by atoms with E-state index in [-0.39, 0.29) is 10.8 Å². The Morgan fingerprint density at radius 3 is 1.43 bits per heavy atom. The molecule has 0 bridgehead atoms. The van der Waals surface area contributed by atoms with E-state index >= 15 is 0 Å². The van der Waals surface area contributed by atoms with Gasteiger partial charge in [0.05, 0.1) is 32.6 Å². The lowest BCUT2D eigenvalue weighted by atomic mass is 9.79. The Hall–Kier alpha value is -4.45. The highest BCUT2D eigenvalue weighted by atomic mass is 16.5. The van der Waals surface area contributed by atoms with Crippen molar-refractivity contribution in [2.75, 3.05) is 26.2 Å². The number of carbonyl (C=O) groups is 1. The van der Waals surface area contributed by atoms with Crippen molar-refractivity contribution < 1.29 is 23.7 Å². The second-order valence-electron chi connectivity index (χ2n) is 12.2. The van der Waals surface area contributed by atoms with E-state index in [1.54, 1.807) is 27.4 Å². The van der Waals surface area contributed by atoms with Crippen LogP contribution in [0.15, 0.2) is 84.9 Å². The molecule has 0 radical (unpaired) electrons. The molecule has 4 rings (SSSR count). The van der Waals surface area contributed by atoms with E-state index in [0.717, 1.165) is 39.8 Å². The van der Waals surface area contributed by atoms with Crippen LogP contribution in [0.1, 0.15) is 63.0 Å². The number of carbonyl (C=O) groups excluding carboxylic acids is 1. The second-order valence-corrected chi connectivity index (χ2v) is 12.2. The summed E-state index contributed by atoms with van der Waals surface area (Å²) < 4.78 is 22.8. The highest BCUT2D eigenvalue weighted by Crippen LogP contribution is 2.44. The van der Waals surface area contributed by atoms with Gasteiger partial charge in [0.2, 0.25) is 0 Å². The molecule has 4 aromatic carbocycles. The topological polar surface area (TPSA) is 57.2 Å². The van der Waals surface area contributed by atoms with Gasteiger partial charge in [-0.3, -0.25) is 0 Å². The van der Waals surface area contributed by atoms with E-state index in [0.29, 0.717) is 17.0 Å². The molecule has 0 spiro atoms. The Balaban J connectivity index is 1.88. The normalized spacial score (nSPS) is 11.5. The van der Waals surface area contributed by atoms with Gasteiger partial charge in [0.25, 0.3) is 0 Å². The maximum absolute atomic E-state index is 14.2. The molecule has 0 aliphatic heterocycles. The number of ether oxygens (including phenoxy) is 4. The van der Waals surface area contributed by atoms with Gasteiger partial charge in [-0.15, -0.1) is 0 Å². The van der Waals surface area contributed by atoms with Crippen LogP contribution in [-0.2, 0) is 10.8 Å². The Bertz CT molecular complexity index is 1440. The van der Waals surface area contributed by atoms with Crippen LogP contribution in [0.5, 0.6) is 23.0 Å². The Kier molecular flexibility index (Phi) is 8.86. The summed E-state index contributed by atoms with van der Waals surface area (Å²) in [5, 5.41) is 0. The Labute approximate surface area is 249 Å². The first-order valence-electron chi connectivity index (χ1n) is 14.0. The lowest BCUT2D eigenvalue weighted by Crippen LogP contribution is -2.23. The van der Waals surface area contributed by atoms with Gasteiger partial charge in [-0.2, -0.15) is 0 Å². The van der Waals surface area contributed by atoms with E-state index in [9.17, 15) is 4.79 Å². The smallest absolute Gasteiger partial charge is 0.345 e. The third-order valence-electron chi connectivity index (χ3n) is 7.14. The summed E-state index contributed by atoms with van der Waals surface area (Å²) in [7, 11) is 4.93. The van der Waals surface area contributed by atoms with Crippen molar-refractivity contribution in [3.05, 3.63) is 102 Å². The molecule has 42 heavy (non-hydrogen) atoms. The number of hydrogen-bond acceptors (Lipinski definition) is 6. The summed E-state index contributed by atoms with van der Waals surface area (Å²) in [6, 6.07) is 26.9. The number of para-hydroxylation sites is 1. The molecule has 0 aromatic heterocycles. The SMILES string of the molecule is COc1ccc(N(c2ccc(OC)cc2)c2ccccc2C(=O)Oc2c(C(C)(C)C)cc(OC)cc2C(C)(C)C)cc1. The van der Waals surface area contributed by atoms with Crippen molar-refractivity contribution in [2.24, 2.45) is 0 Å². The molecule has 4 aromatic rings. The monoisotopic (exact) mass is 567 g/mol. The van der Waals surface area contributed by atoms with Crippen LogP contribution < -0.4 is 23.8 Å². The molecule has 0 saturated carbocycles. The number of esters is 1. The average Bonchev–Trinajstić information content (AvgIpc) is 2.97. The zero-order valence-corrected chi connectivity index (χ0v) is 26.1. The molecule has 0 N–H and O–H groups in total. The van der Waals surface area contributed by atoms with Crippen molar-refractivity contribution in [1.82, 2.24) is 0 Å². The Morgan fingerprint density at radius 2 is 1.02 bits per heavy atom. The van der Waals surface area contributed by atoms with Crippen molar-refractivity contribution in [3.8, 4) is 23.0 Å². The number of nitrogens with zero attached hydrogens (tertiary/aromatic N) is 1. The summed E-state index contributed by atoms with van der Waals surface area (Å²) in [5.41, 5.74) is 4.03. The highest BCUT2D eigenvalue weighted by Gasteiger charge is 2.31. The van der Waals surface area contributed by atoms with Crippen molar-refractivity contribution in [3.63, 3.8) is 0 Å². The molecule has 0 atom stereocenters. The van der Waals surface area contributed by atoms with Gasteiger partial charge < -0.3 is 23.8 Å². The van der Waals surface area contributed by atoms with Gasteiger partial charge in [-0.25, -0.2) is 4.79 Å². The lowest BCUT2D eigenvalue weighted by molar-refractivity contribution is 0.0729. The first kappa shape index (κ1) is 30.5. The molecule has 6 heteroatoms. The molecule has 220 valence electrons. The molecule has 0 fully saturated rings. The number of anilines is 3. The van der Waals surface area contributed by atoms with Crippen LogP contribution in [0, 0.1) is 0 Å². The van der Waals surface area contributed by atoms with Crippen molar-refractivity contribution >= 4 is 23.0 Å². The van der Waals surface area contributed by atoms with E-state index in [1.807, 2.05) is 83.8 Å². The summed E-state index contributed by atoms with van der Waals surface area (Å²) in [6.45, 7) is 12.6. The fourth-order valence-corrected chi connectivity index (χ4v) is 4.82. The standard InChI is InChI=1S/C36H41NO5/c1-35(2,3)30-22-28(41-9)23-31(36(4,5)6)33(30)42-34(38)29-12-10-11-13-32(29)37(24-14-18-26(39-7)19-15-24)25-16-20-27(40-8)21-17-25/h10-23H,1-9H3. The molecule has 0 heterocycles. The summed E-state index contributed by atoms with van der Waals surface area (Å²) in [4.78, 5) is 16.2. The van der Waals surface area contributed by atoms with Crippen LogP contribution in [0.4, 0.5) is 17.1 Å². The fraction of sp³-hybridized carbons (Fsp3) is 0.306. The molecule has 0 unspecified atom stereocenters. The number of rotatable bonds is 8. The third kappa shape index (κ3) is 6.54. The van der Waals surface area contributed by atoms with E-state index < -0.39 is 5.97 Å². The first-order chi connectivity index (χ1) is 19.9. The molecular formula is C36H41NO5. The minimum Gasteiger partial charge on any atom is -0.497 e. The van der Waals surface area contributed by atoms with Gasteiger partial charge in [0, 0.05) is 22.5 Å². The zero-order valence-electron chi connectivity index (χ0n) is 26.1. The van der Waals surface area contributed by atoms with E-state index in [1.165, 1.54) is 0 Å².